The molecule has 0 atom stereocenters. The van der Waals surface area contributed by atoms with E-state index in [1.165, 1.54) is 12.8 Å². The van der Waals surface area contributed by atoms with Crippen molar-refractivity contribution in [2.75, 3.05) is 30.1 Å². The fourth-order valence-electron chi connectivity index (χ4n) is 1.73. The smallest absolute Gasteiger partial charge is 0.341 e. The van der Waals surface area contributed by atoms with Crippen molar-refractivity contribution in [3.05, 3.63) is 24.3 Å². The molecule has 0 heterocycles. The van der Waals surface area contributed by atoms with Crippen LogP contribution in [0.15, 0.2) is 24.3 Å². The summed E-state index contributed by atoms with van der Waals surface area (Å²) < 4.78 is 5.06. The van der Waals surface area contributed by atoms with E-state index in [0.717, 1.165) is 17.2 Å². The molecule has 0 aliphatic rings. The molecule has 0 aliphatic carbocycles. The lowest BCUT2D eigenvalue weighted by Gasteiger charge is -2.17. The average Bonchev–Trinajstić information content (AvgIpc) is 2.52. The highest BCUT2D eigenvalue weighted by Crippen LogP contribution is 2.19. The first-order chi connectivity index (χ1) is 10.5. The molecular formula is C16H23NO4S. The van der Waals surface area contributed by atoms with Crippen LogP contribution in [0.25, 0.3) is 0 Å². The minimum Gasteiger partial charge on any atom is -0.482 e. The van der Waals surface area contributed by atoms with Crippen LogP contribution in [0, 0.1) is 0 Å². The highest BCUT2D eigenvalue weighted by Gasteiger charge is 2.10. The Labute approximate surface area is 135 Å². The lowest BCUT2D eigenvalue weighted by Crippen LogP contribution is -2.26. The Morgan fingerprint density at radius 1 is 1.23 bits per heavy atom. The molecule has 1 amide bonds. The van der Waals surface area contributed by atoms with Crippen molar-refractivity contribution in [2.24, 2.45) is 0 Å². The van der Waals surface area contributed by atoms with Gasteiger partial charge in [0.2, 0.25) is 5.91 Å². The summed E-state index contributed by atoms with van der Waals surface area (Å²) in [6.45, 7) is 1.78. The van der Waals surface area contributed by atoms with E-state index in [0.29, 0.717) is 12.2 Å². The van der Waals surface area contributed by atoms with Crippen LogP contribution in [0.2, 0.25) is 0 Å². The first-order valence-electron chi connectivity index (χ1n) is 7.33. The van der Waals surface area contributed by atoms with Gasteiger partial charge in [0.25, 0.3) is 0 Å². The predicted octanol–water partition coefficient (Wildman–Crippen LogP) is 3.04. The Kier molecular flexibility index (Phi) is 8.43. The van der Waals surface area contributed by atoms with Crippen LogP contribution in [-0.4, -0.2) is 42.1 Å². The number of amides is 1. The number of hydrogen-bond acceptors (Lipinski definition) is 4. The van der Waals surface area contributed by atoms with Crippen molar-refractivity contribution in [2.45, 2.75) is 26.2 Å². The topological polar surface area (TPSA) is 66.8 Å². The van der Waals surface area contributed by atoms with Gasteiger partial charge in [0.05, 0.1) is 0 Å². The maximum Gasteiger partial charge on any atom is 0.341 e. The maximum absolute atomic E-state index is 12.1. The quantitative estimate of drug-likeness (QED) is 0.670. The number of carboxylic acid groups (broad SMARTS) is 1. The van der Waals surface area contributed by atoms with Gasteiger partial charge in [0, 0.05) is 24.9 Å². The number of anilines is 1. The lowest BCUT2D eigenvalue weighted by atomic mass is 10.2. The Morgan fingerprint density at radius 2 is 1.91 bits per heavy atom. The van der Waals surface area contributed by atoms with Gasteiger partial charge in [-0.25, -0.2) is 4.79 Å². The molecule has 0 bridgehead atoms. The van der Waals surface area contributed by atoms with E-state index >= 15 is 0 Å². The fourth-order valence-corrected chi connectivity index (χ4v) is 2.75. The molecule has 0 aromatic heterocycles. The summed E-state index contributed by atoms with van der Waals surface area (Å²) in [5.74, 6) is 1.47. The van der Waals surface area contributed by atoms with E-state index < -0.39 is 5.97 Å². The predicted molar refractivity (Wildman–Crippen MR) is 89.8 cm³/mol. The molecular weight excluding hydrogens is 302 g/mol. The number of thioether (sulfide) groups is 1. The summed E-state index contributed by atoms with van der Waals surface area (Å²) >= 11 is 1.81. The monoisotopic (exact) mass is 325 g/mol. The SMILES string of the molecule is CCCCSCCC(=O)N(C)c1ccc(OCC(=O)O)cc1. The third-order valence-corrected chi connectivity index (χ3v) is 4.13. The van der Waals surface area contributed by atoms with Crippen LogP contribution >= 0.6 is 11.8 Å². The highest BCUT2D eigenvalue weighted by molar-refractivity contribution is 7.99. The van der Waals surface area contributed by atoms with Crippen LogP contribution in [0.5, 0.6) is 5.75 Å². The van der Waals surface area contributed by atoms with Gasteiger partial charge >= 0.3 is 5.97 Å². The van der Waals surface area contributed by atoms with E-state index in [-0.39, 0.29) is 12.5 Å². The van der Waals surface area contributed by atoms with E-state index in [2.05, 4.69) is 6.92 Å². The number of carbonyl (C=O) groups excluding carboxylic acids is 1. The molecule has 0 unspecified atom stereocenters. The number of ether oxygens (including phenoxy) is 1. The summed E-state index contributed by atoms with van der Waals surface area (Å²) in [6, 6.07) is 6.83. The molecule has 5 nitrogen and oxygen atoms in total. The van der Waals surface area contributed by atoms with Crippen molar-refractivity contribution in [1.29, 1.82) is 0 Å². The molecule has 0 saturated heterocycles. The maximum atomic E-state index is 12.1. The number of nitrogens with zero attached hydrogens (tertiary/aromatic N) is 1. The van der Waals surface area contributed by atoms with Crippen molar-refractivity contribution >= 4 is 29.3 Å². The minimum absolute atomic E-state index is 0.0724. The van der Waals surface area contributed by atoms with E-state index in [1.807, 2.05) is 11.8 Å². The van der Waals surface area contributed by atoms with Crippen LogP contribution in [0.4, 0.5) is 5.69 Å². The van der Waals surface area contributed by atoms with Crippen LogP contribution in [0.1, 0.15) is 26.2 Å². The molecule has 1 rings (SSSR count). The number of carboxylic acids is 1. The molecule has 0 saturated carbocycles. The van der Waals surface area contributed by atoms with Gasteiger partial charge in [-0.1, -0.05) is 13.3 Å². The number of aliphatic carboxylic acids is 1. The highest BCUT2D eigenvalue weighted by atomic mass is 32.2. The Bertz CT molecular complexity index is 476. The van der Waals surface area contributed by atoms with Gasteiger partial charge in [0.15, 0.2) is 6.61 Å². The second-order valence-electron chi connectivity index (χ2n) is 4.84. The van der Waals surface area contributed by atoms with E-state index in [1.54, 1.807) is 36.2 Å². The molecule has 22 heavy (non-hydrogen) atoms. The summed E-state index contributed by atoms with van der Waals surface area (Å²) in [4.78, 5) is 24.1. The minimum atomic E-state index is -1.02. The zero-order valence-corrected chi connectivity index (χ0v) is 13.9. The normalized spacial score (nSPS) is 10.3. The summed E-state index contributed by atoms with van der Waals surface area (Å²) in [5, 5.41) is 8.55. The number of rotatable bonds is 10. The molecule has 0 radical (unpaired) electrons. The van der Waals surface area contributed by atoms with E-state index in [9.17, 15) is 9.59 Å². The average molecular weight is 325 g/mol. The van der Waals surface area contributed by atoms with Gasteiger partial charge in [-0.15, -0.1) is 0 Å². The first-order valence-corrected chi connectivity index (χ1v) is 8.49. The summed E-state index contributed by atoms with van der Waals surface area (Å²) in [6.07, 6.45) is 2.88. The molecule has 0 spiro atoms. The molecule has 122 valence electrons. The molecule has 6 heteroatoms. The number of unbranched alkanes of at least 4 members (excludes halogenated alkanes) is 1. The Hall–Kier alpha value is -1.69. The third kappa shape index (κ3) is 6.85. The zero-order chi connectivity index (χ0) is 16.4. The number of benzene rings is 1. The molecule has 1 N–H and O–H groups in total. The fraction of sp³-hybridized carbons (Fsp3) is 0.500. The van der Waals surface area contributed by atoms with E-state index in [4.69, 9.17) is 9.84 Å². The van der Waals surface area contributed by atoms with Gasteiger partial charge < -0.3 is 14.7 Å². The Morgan fingerprint density at radius 3 is 2.50 bits per heavy atom. The molecule has 0 aliphatic heterocycles. The number of carbonyl (C=O) groups is 2. The lowest BCUT2D eigenvalue weighted by molar-refractivity contribution is -0.139. The zero-order valence-electron chi connectivity index (χ0n) is 13.1. The van der Waals surface area contributed by atoms with Crippen molar-refractivity contribution in [3.8, 4) is 5.75 Å². The number of hydrogen-bond donors (Lipinski definition) is 1. The molecule has 0 fully saturated rings. The first kappa shape index (κ1) is 18.4. The van der Waals surface area contributed by atoms with Crippen molar-refractivity contribution in [1.82, 2.24) is 0 Å². The van der Waals surface area contributed by atoms with Crippen molar-refractivity contribution < 1.29 is 19.4 Å². The van der Waals surface area contributed by atoms with Crippen LogP contribution in [-0.2, 0) is 9.59 Å². The largest absolute Gasteiger partial charge is 0.482 e. The van der Waals surface area contributed by atoms with Crippen LogP contribution in [0.3, 0.4) is 0 Å². The second-order valence-corrected chi connectivity index (χ2v) is 6.07. The van der Waals surface area contributed by atoms with Gasteiger partial charge in [-0.3, -0.25) is 4.79 Å². The molecule has 1 aromatic rings. The molecule has 1 aromatic carbocycles. The summed E-state index contributed by atoms with van der Waals surface area (Å²) in [7, 11) is 1.74. The second kappa shape index (κ2) is 10.1. The third-order valence-electron chi connectivity index (χ3n) is 3.06. The van der Waals surface area contributed by atoms with Gasteiger partial charge in [-0.2, -0.15) is 11.8 Å². The standard InChI is InChI=1S/C16H23NO4S/c1-3-4-10-22-11-9-15(18)17(2)13-5-7-14(8-6-13)21-12-16(19)20/h5-8H,3-4,9-12H2,1-2H3,(H,19,20). The van der Waals surface area contributed by atoms with Crippen molar-refractivity contribution in [3.63, 3.8) is 0 Å². The van der Waals surface area contributed by atoms with Crippen LogP contribution < -0.4 is 9.64 Å². The van der Waals surface area contributed by atoms with Gasteiger partial charge in [0.1, 0.15) is 5.75 Å². The van der Waals surface area contributed by atoms with Gasteiger partial charge in [-0.05, 0) is 36.4 Å². The summed E-state index contributed by atoms with van der Waals surface area (Å²) in [5.41, 5.74) is 0.770. The Balaban J connectivity index is 2.42.